The number of nitrogens with one attached hydrogen (secondary N) is 2. The smallest absolute Gasteiger partial charge is 0.359 e. The average Bonchev–Trinajstić information content (AvgIpc) is 3.05. The number of amides is 1. The van der Waals surface area contributed by atoms with Crippen LogP contribution in [0.25, 0.3) is 10.9 Å². The van der Waals surface area contributed by atoms with Crippen molar-refractivity contribution in [3.63, 3.8) is 0 Å². The first-order valence-corrected chi connectivity index (χ1v) is 7.67. The van der Waals surface area contributed by atoms with E-state index in [1.807, 2.05) is 18.2 Å². The molecule has 0 saturated heterocycles. The van der Waals surface area contributed by atoms with Crippen molar-refractivity contribution in [1.29, 1.82) is 0 Å². The van der Waals surface area contributed by atoms with Gasteiger partial charge in [0.2, 0.25) is 0 Å². The van der Waals surface area contributed by atoms with Crippen LogP contribution in [-0.4, -0.2) is 35.3 Å². The molecule has 0 spiro atoms. The zero-order valence-corrected chi connectivity index (χ0v) is 13.8. The maximum atomic E-state index is 12.3. The Balaban J connectivity index is 1.75. The molecule has 0 aliphatic carbocycles. The minimum Gasteiger partial charge on any atom is -0.481 e. The lowest BCUT2D eigenvalue weighted by molar-refractivity contribution is -0.122. The third kappa shape index (κ3) is 3.60. The van der Waals surface area contributed by atoms with Crippen LogP contribution in [0.3, 0.4) is 0 Å². The van der Waals surface area contributed by atoms with Crippen LogP contribution in [0.1, 0.15) is 17.4 Å². The lowest BCUT2D eigenvalue weighted by atomic mass is 10.2. The van der Waals surface area contributed by atoms with Gasteiger partial charge in [0.15, 0.2) is 11.8 Å². The molecule has 1 heterocycles. The lowest BCUT2D eigenvalue weighted by Crippen LogP contribution is -2.30. The highest BCUT2D eigenvalue weighted by molar-refractivity contribution is 6.04. The van der Waals surface area contributed by atoms with Crippen LogP contribution in [0.15, 0.2) is 48.5 Å². The Kier molecular flexibility index (Phi) is 4.65. The Morgan fingerprint density at radius 3 is 2.64 bits per heavy atom. The summed E-state index contributed by atoms with van der Waals surface area (Å²) in [6.07, 6.45) is -0.678. The van der Waals surface area contributed by atoms with Gasteiger partial charge in [-0.3, -0.25) is 9.89 Å². The molecule has 3 rings (SSSR count). The van der Waals surface area contributed by atoms with Crippen molar-refractivity contribution in [3.8, 4) is 5.75 Å². The number of fused-ring (bicyclic) bond motifs is 1. The van der Waals surface area contributed by atoms with Crippen molar-refractivity contribution < 1.29 is 19.1 Å². The fourth-order valence-corrected chi connectivity index (χ4v) is 2.34. The van der Waals surface area contributed by atoms with Crippen LogP contribution in [-0.2, 0) is 9.53 Å². The van der Waals surface area contributed by atoms with Crippen molar-refractivity contribution in [2.75, 3.05) is 12.4 Å². The van der Waals surface area contributed by atoms with Gasteiger partial charge in [-0.25, -0.2) is 4.79 Å². The van der Waals surface area contributed by atoms with Crippen molar-refractivity contribution >= 4 is 28.5 Å². The van der Waals surface area contributed by atoms with Crippen LogP contribution in [0.4, 0.5) is 5.69 Å². The number of para-hydroxylation sites is 1. The topological polar surface area (TPSA) is 93.3 Å². The lowest BCUT2D eigenvalue weighted by Gasteiger charge is -2.14. The first-order chi connectivity index (χ1) is 12.1. The molecule has 128 valence electrons. The summed E-state index contributed by atoms with van der Waals surface area (Å²) >= 11 is 0. The summed E-state index contributed by atoms with van der Waals surface area (Å²) < 4.78 is 10.3. The van der Waals surface area contributed by atoms with Gasteiger partial charge >= 0.3 is 5.97 Å². The Morgan fingerprint density at radius 1 is 1.16 bits per heavy atom. The summed E-state index contributed by atoms with van der Waals surface area (Å²) in [5, 5.41) is 10.0. The van der Waals surface area contributed by atoms with Gasteiger partial charge in [-0.1, -0.05) is 18.2 Å². The molecule has 0 aliphatic rings. The number of aromatic nitrogens is 2. The third-order valence-electron chi connectivity index (χ3n) is 3.63. The van der Waals surface area contributed by atoms with E-state index in [0.29, 0.717) is 22.3 Å². The monoisotopic (exact) mass is 339 g/mol. The largest absolute Gasteiger partial charge is 0.481 e. The molecule has 0 aliphatic heterocycles. The van der Waals surface area contributed by atoms with Crippen LogP contribution in [0.5, 0.6) is 5.75 Å². The number of carbonyl (C=O) groups is 2. The molecule has 7 heteroatoms. The Hall–Kier alpha value is -3.35. The molecule has 1 unspecified atom stereocenters. The van der Waals surface area contributed by atoms with Gasteiger partial charge in [0, 0.05) is 11.1 Å². The fourth-order valence-electron chi connectivity index (χ4n) is 2.34. The van der Waals surface area contributed by atoms with Gasteiger partial charge in [0.1, 0.15) is 5.75 Å². The van der Waals surface area contributed by atoms with Crippen LogP contribution < -0.4 is 10.1 Å². The number of nitrogens with zero attached hydrogens (tertiary/aromatic N) is 1. The number of methoxy groups -OCH3 is 1. The van der Waals surface area contributed by atoms with Crippen molar-refractivity contribution in [2.24, 2.45) is 0 Å². The van der Waals surface area contributed by atoms with Crippen LogP contribution in [0.2, 0.25) is 0 Å². The van der Waals surface area contributed by atoms with E-state index in [-0.39, 0.29) is 11.6 Å². The second-order valence-corrected chi connectivity index (χ2v) is 5.39. The SMILES string of the molecule is COC(=O)c1n[nH]c2ccc(NC(=O)C(C)Oc3ccccc3)cc12. The number of ether oxygens (including phenoxy) is 2. The summed E-state index contributed by atoms with van der Waals surface area (Å²) in [6.45, 7) is 1.67. The Labute approximate surface area is 143 Å². The molecular weight excluding hydrogens is 322 g/mol. The van der Waals surface area contributed by atoms with Gasteiger partial charge in [-0.15, -0.1) is 0 Å². The average molecular weight is 339 g/mol. The molecule has 1 amide bonds. The maximum Gasteiger partial charge on any atom is 0.359 e. The number of hydrogen-bond donors (Lipinski definition) is 2. The third-order valence-corrected chi connectivity index (χ3v) is 3.63. The summed E-state index contributed by atoms with van der Waals surface area (Å²) in [4.78, 5) is 24.0. The van der Waals surface area contributed by atoms with Crippen molar-refractivity contribution in [1.82, 2.24) is 10.2 Å². The standard InChI is InChI=1S/C18H17N3O4/c1-11(25-13-6-4-3-5-7-13)17(22)19-12-8-9-15-14(10-12)16(21-20-15)18(23)24-2/h3-11H,1-2H3,(H,19,22)(H,20,21). The van der Waals surface area contributed by atoms with E-state index in [1.165, 1.54) is 7.11 Å². The minimum absolute atomic E-state index is 0.169. The Morgan fingerprint density at radius 2 is 1.92 bits per heavy atom. The van der Waals surface area contributed by atoms with Gasteiger partial charge in [0.25, 0.3) is 5.91 Å². The number of aromatic amines is 1. The van der Waals surface area contributed by atoms with E-state index >= 15 is 0 Å². The number of esters is 1. The van der Waals surface area contributed by atoms with E-state index < -0.39 is 12.1 Å². The highest BCUT2D eigenvalue weighted by Crippen LogP contribution is 2.21. The second-order valence-electron chi connectivity index (χ2n) is 5.39. The summed E-state index contributed by atoms with van der Waals surface area (Å²) in [5.74, 6) is -0.231. The van der Waals surface area contributed by atoms with E-state index in [4.69, 9.17) is 9.47 Å². The van der Waals surface area contributed by atoms with Crippen molar-refractivity contribution in [2.45, 2.75) is 13.0 Å². The first-order valence-electron chi connectivity index (χ1n) is 7.67. The number of rotatable bonds is 5. The Bertz CT molecular complexity index is 905. The molecule has 25 heavy (non-hydrogen) atoms. The molecule has 2 N–H and O–H groups in total. The predicted octanol–water partition coefficient (Wildman–Crippen LogP) is 2.76. The van der Waals surface area contributed by atoms with Crippen molar-refractivity contribution in [3.05, 3.63) is 54.2 Å². The quantitative estimate of drug-likeness (QED) is 0.697. The zero-order valence-electron chi connectivity index (χ0n) is 13.8. The van der Waals surface area contributed by atoms with Gasteiger partial charge in [0.05, 0.1) is 12.6 Å². The van der Waals surface area contributed by atoms with E-state index in [1.54, 1.807) is 37.3 Å². The highest BCUT2D eigenvalue weighted by Gasteiger charge is 2.17. The van der Waals surface area contributed by atoms with Gasteiger partial charge in [-0.05, 0) is 37.3 Å². The van der Waals surface area contributed by atoms with Crippen LogP contribution in [0, 0.1) is 0 Å². The fraction of sp³-hybridized carbons (Fsp3) is 0.167. The number of benzene rings is 2. The summed E-state index contributed by atoms with van der Waals surface area (Å²) in [5.41, 5.74) is 1.38. The number of anilines is 1. The molecule has 0 bridgehead atoms. The van der Waals surface area contributed by atoms with Crippen LogP contribution >= 0.6 is 0 Å². The number of hydrogen-bond acceptors (Lipinski definition) is 5. The molecule has 0 fully saturated rings. The molecule has 2 aromatic carbocycles. The van der Waals surface area contributed by atoms with E-state index in [2.05, 4.69) is 15.5 Å². The summed E-state index contributed by atoms with van der Waals surface area (Å²) in [6, 6.07) is 14.2. The number of H-pyrrole nitrogens is 1. The predicted molar refractivity (Wildman–Crippen MR) is 92.6 cm³/mol. The molecule has 0 saturated carbocycles. The molecule has 3 aromatic rings. The molecule has 0 radical (unpaired) electrons. The molecule has 1 atom stereocenters. The molecule has 7 nitrogen and oxygen atoms in total. The summed E-state index contributed by atoms with van der Waals surface area (Å²) in [7, 11) is 1.29. The normalized spacial score (nSPS) is 11.8. The highest BCUT2D eigenvalue weighted by atomic mass is 16.5. The minimum atomic E-state index is -0.678. The van der Waals surface area contributed by atoms with Gasteiger partial charge in [-0.2, -0.15) is 5.10 Å². The first kappa shape index (κ1) is 16.5. The van der Waals surface area contributed by atoms with Gasteiger partial charge < -0.3 is 14.8 Å². The molecule has 1 aromatic heterocycles. The van der Waals surface area contributed by atoms with E-state index in [9.17, 15) is 9.59 Å². The maximum absolute atomic E-state index is 12.3. The molecular formula is C18H17N3O4. The second kappa shape index (κ2) is 7.04. The van der Waals surface area contributed by atoms with E-state index in [0.717, 1.165) is 0 Å². The zero-order chi connectivity index (χ0) is 17.8. The number of carbonyl (C=O) groups excluding carboxylic acids is 2.